The van der Waals surface area contributed by atoms with Crippen molar-refractivity contribution in [3.05, 3.63) is 76.5 Å². The third-order valence-electron chi connectivity index (χ3n) is 3.09. The van der Waals surface area contributed by atoms with E-state index in [4.69, 9.17) is 4.52 Å². The van der Waals surface area contributed by atoms with Crippen molar-refractivity contribution in [1.82, 2.24) is 15.6 Å². The Morgan fingerprint density at radius 3 is 2.76 bits per heavy atom. The third-order valence-corrected chi connectivity index (χ3v) is 3.09. The quantitative estimate of drug-likeness (QED) is 0.683. The summed E-state index contributed by atoms with van der Waals surface area (Å²) in [6, 6.07) is 13.4. The lowest BCUT2D eigenvalue weighted by Gasteiger charge is -2.00. The smallest absolute Gasteiger partial charge is 0.303 e. The fourth-order valence-corrected chi connectivity index (χ4v) is 2.06. The molecule has 0 aliphatic rings. The molecule has 0 bridgehead atoms. The summed E-state index contributed by atoms with van der Waals surface area (Å²) in [7, 11) is 0. The zero-order chi connectivity index (χ0) is 14.5. The molecule has 106 valence electrons. The maximum Gasteiger partial charge on any atom is 0.431 e. The molecule has 1 aromatic carbocycles. The minimum atomic E-state index is -0.377. The van der Waals surface area contributed by atoms with E-state index >= 15 is 0 Å². The molecule has 0 saturated heterocycles. The van der Waals surface area contributed by atoms with Gasteiger partial charge in [-0.1, -0.05) is 24.3 Å². The van der Waals surface area contributed by atoms with Gasteiger partial charge in [-0.15, -0.1) is 0 Å². The van der Waals surface area contributed by atoms with Crippen LogP contribution in [0.1, 0.15) is 11.3 Å². The molecule has 0 unspecified atom stereocenters. The van der Waals surface area contributed by atoms with Gasteiger partial charge in [0, 0.05) is 31.1 Å². The second-order valence-corrected chi connectivity index (χ2v) is 4.56. The SMILES string of the molecule is O=c1o[nH][n+](-c2ccccc2)c1CNCc1cccnc1. The lowest BCUT2D eigenvalue weighted by atomic mass is 10.3. The van der Waals surface area contributed by atoms with Gasteiger partial charge in [0.1, 0.15) is 0 Å². The average Bonchev–Trinajstić information content (AvgIpc) is 2.91. The number of nitrogens with zero attached hydrogens (tertiary/aromatic N) is 2. The van der Waals surface area contributed by atoms with E-state index in [1.807, 2.05) is 42.5 Å². The van der Waals surface area contributed by atoms with Gasteiger partial charge >= 0.3 is 11.3 Å². The number of nitrogens with one attached hydrogen (secondary N) is 2. The van der Waals surface area contributed by atoms with E-state index in [0.29, 0.717) is 18.8 Å². The first kappa shape index (κ1) is 13.3. The summed E-state index contributed by atoms with van der Waals surface area (Å²) in [6.45, 7) is 1.03. The van der Waals surface area contributed by atoms with Gasteiger partial charge in [-0.2, -0.15) is 0 Å². The Labute approximate surface area is 121 Å². The van der Waals surface area contributed by atoms with Crippen molar-refractivity contribution in [3.63, 3.8) is 0 Å². The Morgan fingerprint density at radius 1 is 1.14 bits per heavy atom. The van der Waals surface area contributed by atoms with Crippen LogP contribution in [-0.4, -0.2) is 10.3 Å². The second kappa shape index (κ2) is 6.15. The van der Waals surface area contributed by atoms with Crippen LogP contribution in [0.5, 0.6) is 0 Å². The highest BCUT2D eigenvalue weighted by atomic mass is 16.5. The summed E-state index contributed by atoms with van der Waals surface area (Å²) in [5.74, 6) is 0. The summed E-state index contributed by atoms with van der Waals surface area (Å²) in [5.41, 5.74) is 2.05. The van der Waals surface area contributed by atoms with E-state index in [2.05, 4.69) is 15.6 Å². The van der Waals surface area contributed by atoms with E-state index in [0.717, 1.165) is 11.3 Å². The number of hydrogen-bond acceptors (Lipinski definition) is 4. The molecule has 0 spiro atoms. The van der Waals surface area contributed by atoms with E-state index in [1.54, 1.807) is 17.1 Å². The van der Waals surface area contributed by atoms with Gasteiger partial charge in [-0.3, -0.25) is 9.51 Å². The standard InChI is InChI=1S/C15H14N4O2/c20-15-14(11-17-10-12-5-4-8-16-9-12)19(18-21-15)13-6-2-1-3-7-13/h1-9,17H,10-11H2/p+1. The monoisotopic (exact) mass is 283 g/mol. The van der Waals surface area contributed by atoms with Crippen LogP contribution in [-0.2, 0) is 13.1 Å². The predicted molar refractivity (Wildman–Crippen MR) is 75.6 cm³/mol. The van der Waals surface area contributed by atoms with Gasteiger partial charge in [0.15, 0.2) is 0 Å². The predicted octanol–water partition coefficient (Wildman–Crippen LogP) is 0.929. The molecule has 0 aliphatic carbocycles. The normalized spacial score (nSPS) is 10.7. The Hall–Kier alpha value is -2.73. The molecule has 21 heavy (non-hydrogen) atoms. The number of H-pyrrole nitrogens is 1. The van der Waals surface area contributed by atoms with E-state index in [1.165, 1.54) is 0 Å². The minimum absolute atomic E-state index is 0.377. The highest BCUT2D eigenvalue weighted by Crippen LogP contribution is 1.99. The number of benzene rings is 1. The largest absolute Gasteiger partial charge is 0.431 e. The molecular formula is C15H15N4O2+. The zero-order valence-electron chi connectivity index (χ0n) is 11.3. The Kier molecular flexibility index (Phi) is 3.88. The molecule has 2 heterocycles. The Bertz CT molecular complexity index is 750. The first-order chi connectivity index (χ1) is 10.3. The fraction of sp³-hybridized carbons (Fsp3) is 0.133. The van der Waals surface area contributed by atoms with Gasteiger partial charge < -0.3 is 5.32 Å². The number of hydrogen-bond donors (Lipinski definition) is 2. The van der Waals surface area contributed by atoms with Crippen molar-refractivity contribution in [2.24, 2.45) is 0 Å². The lowest BCUT2D eigenvalue weighted by molar-refractivity contribution is -0.677. The highest BCUT2D eigenvalue weighted by molar-refractivity contribution is 5.21. The summed E-state index contributed by atoms with van der Waals surface area (Å²) in [6.07, 6.45) is 3.52. The molecule has 3 rings (SSSR count). The van der Waals surface area contributed by atoms with Crippen LogP contribution in [0.4, 0.5) is 0 Å². The Morgan fingerprint density at radius 2 is 2.00 bits per heavy atom. The third kappa shape index (κ3) is 3.06. The zero-order valence-corrected chi connectivity index (χ0v) is 11.3. The van der Waals surface area contributed by atoms with Crippen LogP contribution < -0.4 is 15.6 Å². The van der Waals surface area contributed by atoms with Crippen LogP contribution in [0.3, 0.4) is 0 Å². The molecule has 0 radical (unpaired) electrons. The molecule has 6 heteroatoms. The first-order valence-electron chi connectivity index (χ1n) is 6.62. The molecule has 0 aliphatic heterocycles. The van der Waals surface area contributed by atoms with Crippen molar-refractivity contribution in [2.75, 3.05) is 0 Å². The maximum absolute atomic E-state index is 11.8. The molecular weight excluding hydrogens is 268 g/mol. The van der Waals surface area contributed by atoms with Gasteiger partial charge in [-0.25, -0.2) is 4.79 Å². The molecule has 0 amide bonds. The van der Waals surface area contributed by atoms with Crippen LogP contribution in [0.15, 0.2) is 64.2 Å². The summed E-state index contributed by atoms with van der Waals surface area (Å²) in [4.78, 5) is 15.8. The number of rotatable bonds is 5. The van der Waals surface area contributed by atoms with Gasteiger partial charge in [0.2, 0.25) is 5.69 Å². The van der Waals surface area contributed by atoms with E-state index in [9.17, 15) is 4.79 Å². The highest BCUT2D eigenvalue weighted by Gasteiger charge is 2.22. The van der Waals surface area contributed by atoms with E-state index in [-0.39, 0.29) is 5.63 Å². The maximum atomic E-state index is 11.8. The molecule has 2 N–H and O–H groups in total. The van der Waals surface area contributed by atoms with Crippen LogP contribution in [0.25, 0.3) is 5.69 Å². The minimum Gasteiger partial charge on any atom is -0.303 e. The molecule has 0 atom stereocenters. The lowest BCUT2D eigenvalue weighted by Crippen LogP contribution is -2.40. The number of aromatic nitrogens is 3. The summed E-state index contributed by atoms with van der Waals surface area (Å²) < 4.78 is 6.52. The van der Waals surface area contributed by atoms with Gasteiger partial charge in [0.05, 0.1) is 6.54 Å². The van der Waals surface area contributed by atoms with Crippen molar-refractivity contribution in [1.29, 1.82) is 0 Å². The molecule has 3 aromatic rings. The van der Waals surface area contributed by atoms with E-state index < -0.39 is 0 Å². The molecule has 0 fully saturated rings. The van der Waals surface area contributed by atoms with Gasteiger partial charge in [-0.05, 0) is 21.6 Å². The second-order valence-electron chi connectivity index (χ2n) is 4.56. The fourth-order valence-electron chi connectivity index (χ4n) is 2.06. The van der Waals surface area contributed by atoms with Crippen LogP contribution in [0, 0.1) is 0 Å². The summed E-state index contributed by atoms with van der Waals surface area (Å²) in [5, 5.41) is 5.83. The van der Waals surface area contributed by atoms with Crippen LogP contribution in [0.2, 0.25) is 0 Å². The summed E-state index contributed by atoms with van der Waals surface area (Å²) >= 11 is 0. The van der Waals surface area contributed by atoms with Crippen LogP contribution >= 0.6 is 0 Å². The van der Waals surface area contributed by atoms with Crippen molar-refractivity contribution >= 4 is 0 Å². The topological polar surface area (TPSA) is 74.8 Å². The van der Waals surface area contributed by atoms with Gasteiger partial charge in [0.25, 0.3) is 0 Å². The molecule has 6 nitrogen and oxygen atoms in total. The first-order valence-corrected chi connectivity index (χ1v) is 6.62. The Balaban J connectivity index is 1.74. The van der Waals surface area contributed by atoms with Crippen molar-refractivity contribution in [3.8, 4) is 5.69 Å². The molecule has 0 saturated carbocycles. The number of aromatic amines is 1. The molecule has 2 aromatic heterocycles. The average molecular weight is 283 g/mol. The number of pyridine rings is 1. The van der Waals surface area contributed by atoms with Crippen molar-refractivity contribution < 1.29 is 9.20 Å². The number of para-hydroxylation sites is 1. The van der Waals surface area contributed by atoms with Crippen molar-refractivity contribution in [2.45, 2.75) is 13.1 Å².